The highest BCUT2D eigenvalue weighted by Crippen LogP contribution is 2.25. The molecule has 2 rings (SSSR count). The number of hydrogen-bond donors (Lipinski definition) is 3. The molecule has 2 aromatic rings. The fourth-order valence-corrected chi connectivity index (χ4v) is 2.59. The topological polar surface area (TPSA) is 88.1 Å². The van der Waals surface area contributed by atoms with Crippen LogP contribution in [0, 0.1) is 6.92 Å². The third kappa shape index (κ3) is 4.67. The number of nitrogens with one attached hydrogen (secondary N) is 3. The number of hydrogen-bond acceptors (Lipinski definition) is 4. The average molecular weight is 343 g/mol. The Balaban J connectivity index is 2.16. The van der Waals surface area contributed by atoms with E-state index in [-0.39, 0.29) is 11.8 Å². The van der Waals surface area contributed by atoms with Crippen LogP contribution in [0.25, 0.3) is 0 Å². The van der Waals surface area contributed by atoms with Crippen LogP contribution in [-0.2, 0) is 16.6 Å². The average Bonchev–Trinajstić information content (AvgIpc) is 2.98. The maximum absolute atomic E-state index is 12.6. The summed E-state index contributed by atoms with van der Waals surface area (Å²) in [5, 5.41) is 12.9. The molecule has 1 unspecified atom stereocenters. The number of carbonyl (C=O) groups is 2. The van der Waals surface area contributed by atoms with E-state index in [2.05, 4.69) is 21.0 Å². The number of carbonyl (C=O) groups excluding carboxylic acids is 2. The van der Waals surface area contributed by atoms with Crippen LogP contribution in [0.5, 0.6) is 0 Å². The van der Waals surface area contributed by atoms with Gasteiger partial charge in [0.15, 0.2) is 0 Å². The fourth-order valence-electron chi connectivity index (χ4n) is 2.59. The van der Waals surface area contributed by atoms with Crippen LogP contribution in [0.1, 0.15) is 36.9 Å². The lowest BCUT2D eigenvalue weighted by Gasteiger charge is -2.17. The van der Waals surface area contributed by atoms with E-state index in [1.165, 1.54) is 0 Å². The molecule has 3 N–H and O–H groups in total. The Morgan fingerprint density at radius 2 is 1.92 bits per heavy atom. The summed E-state index contributed by atoms with van der Waals surface area (Å²) >= 11 is 0. The molecule has 2 amide bonds. The number of amides is 2. The Morgan fingerprint density at radius 3 is 2.48 bits per heavy atom. The molecule has 0 saturated heterocycles. The monoisotopic (exact) mass is 343 g/mol. The van der Waals surface area contributed by atoms with Gasteiger partial charge in [0, 0.05) is 36.6 Å². The van der Waals surface area contributed by atoms with Crippen molar-refractivity contribution >= 4 is 23.2 Å². The molecule has 134 valence electrons. The second-order valence-corrected chi connectivity index (χ2v) is 5.93. The SMILES string of the molecule is CCCC(=O)Nc1cccc(NC(=O)C(NC)c2cnn(C)c2)c1C. The summed E-state index contributed by atoms with van der Waals surface area (Å²) < 4.78 is 1.65. The minimum Gasteiger partial charge on any atom is -0.326 e. The van der Waals surface area contributed by atoms with Gasteiger partial charge in [-0.05, 0) is 38.1 Å². The van der Waals surface area contributed by atoms with Gasteiger partial charge in [0.1, 0.15) is 6.04 Å². The number of aromatic nitrogens is 2. The van der Waals surface area contributed by atoms with Gasteiger partial charge in [0.2, 0.25) is 11.8 Å². The van der Waals surface area contributed by atoms with Gasteiger partial charge < -0.3 is 16.0 Å². The van der Waals surface area contributed by atoms with Crippen molar-refractivity contribution in [3.05, 3.63) is 41.7 Å². The van der Waals surface area contributed by atoms with Gasteiger partial charge in [-0.25, -0.2) is 0 Å². The third-order valence-corrected chi connectivity index (χ3v) is 3.95. The summed E-state index contributed by atoms with van der Waals surface area (Å²) in [6.07, 6.45) is 4.72. The van der Waals surface area contributed by atoms with E-state index in [0.717, 1.165) is 17.5 Å². The number of rotatable bonds is 7. The molecule has 1 heterocycles. The summed E-state index contributed by atoms with van der Waals surface area (Å²) in [5.74, 6) is -0.215. The highest BCUT2D eigenvalue weighted by atomic mass is 16.2. The van der Waals surface area contributed by atoms with Gasteiger partial charge in [-0.2, -0.15) is 5.10 Å². The molecule has 0 aliphatic carbocycles. The lowest BCUT2D eigenvalue weighted by molar-refractivity contribution is -0.118. The standard InChI is InChI=1S/C18H25N5O2/c1-5-7-16(24)21-14-8-6-9-15(12(14)2)22-18(25)17(19-3)13-10-20-23(4)11-13/h6,8-11,17,19H,5,7H2,1-4H3,(H,21,24)(H,22,25). The van der Waals surface area contributed by atoms with E-state index in [1.54, 1.807) is 31.2 Å². The van der Waals surface area contributed by atoms with E-state index in [4.69, 9.17) is 0 Å². The lowest BCUT2D eigenvalue weighted by atomic mass is 10.1. The molecule has 1 aromatic heterocycles. The molecule has 0 spiro atoms. The van der Waals surface area contributed by atoms with Gasteiger partial charge in [0.05, 0.1) is 6.20 Å². The van der Waals surface area contributed by atoms with E-state index in [1.807, 2.05) is 32.0 Å². The van der Waals surface area contributed by atoms with E-state index < -0.39 is 6.04 Å². The predicted octanol–water partition coefficient (Wildman–Crippen LogP) is 2.37. The minimum absolute atomic E-state index is 0.0301. The second kappa shape index (κ2) is 8.43. The van der Waals surface area contributed by atoms with E-state index >= 15 is 0 Å². The van der Waals surface area contributed by atoms with Crippen molar-refractivity contribution in [3.8, 4) is 0 Å². The molecule has 1 atom stereocenters. The quantitative estimate of drug-likeness (QED) is 0.720. The van der Waals surface area contributed by atoms with Crippen LogP contribution in [0.2, 0.25) is 0 Å². The van der Waals surface area contributed by atoms with Crippen molar-refractivity contribution in [2.24, 2.45) is 7.05 Å². The Labute approximate surface area is 147 Å². The molecule has 0 aliphatic rings. The van der Waals surface area contributed by atoms with Crippen molar-refractivity contribution in [3.63, 3.8) is 0 Å². The van der Waals surface area contributed by atoms with Crippen molar-refractivity contribution in [1.82, 2.24) is 15.1 Å². The zero-order chi connectivity index (χ0) is 18.4. The number of nitrogens with zero attached hydrogens (tertiary/aromatic N) is 2. The second-order valence-electron chi connectivity index (χ2n) is 5.93. The first-order valence-corrected chi connectivity index (χ1v) is 8.32. The van der Waals surface area contributed by atoms with Gasteiger partial charge in [-0.3, -0.25) is 14.3 Å². The third-order valence-electron chi connectivity index (χ3n) is 3.95. The van der Waals surface area contributed by atoms with Crippen LogP contribution in [-0.4, -0.2) is 28.6 Å². The summed E-state index contributed by atoms with van der Waals surface area (Å²) in [6.45, 7) is 3.83. The summed E-state index contributed by atoms with van der Waals surface area (Å²) in [4.78, 5) is 24.5. The van der Waals surface area contributed by atoms with Crippen molar-refractivity contribution in [2.75, 3.05) is 17.7 Å². The molecule has 0 bridgehead atoms. The highest BCUT2D eigenvalue weighted by molar-refractivity contribution is 5.98. The number of benzene rings is 1. The molecule has 0 aliphatic heterocycles. The highest BCUT2D eigenvalue weighted by Gasteiger charge is 2.21. The molecular formula is C18H25N5O2. The first-order valence-electron chi connectivity index (χ1n) is 8.32. The maximum Gasteiger partial charge on any atom is 0.246 e. The number of likely N-dealkylation sites (N-methyl/N-ethyl adjacent to an activating group) is 1. The normalized spacial score (nSPS) is 11.8. The van der Waals surface area contributed by atoms with Crippen LogP contribution >= 0.6 is 0 Å². The summed E-state index contributed by atoms with van der Waals surface area (Å²) in [6, 6.07) is 4.95. The maximum atomic E-state index is 12.6. The Morgan fingerprint density at radius 1 is 1.24 bits per heavy atom. The predicted molar refractivity (Wildman–Crippen MR) is 98.4 cm³/mol. The van der Waals surface area contributed by atoms with Crippen LogP contribution in [0.15, 0.2) is 30.6 Å². The van der Waals surface area contributed by atoms with Crippen LogP contribution in [0.3, 0.4) is 0 Å². The number of anilines is 2. The molecule has 7 nitrogen and oxygen atoms in total. The van der Waals surface area contributed by atoms with Crippen LogP contribution in [0.4, 0.5) is 11.4 Å². The molecular weight excluding hydrogens is 318 g/mol. The summed E-state index contributed by atoms with van der Waals surface area (Å²) in [5.41, 5.74) is 2.98. The molecule has 7 heteroatoms. The first-order chi connectivity index (χ1) is 12.0. The molecule has 0 fully saturated rings. The smallest absolute Gasteiger partial charge is 0.246 e. The Hall–Kier alpha value is -2.67. The zero-order valence-electron chi connectivity index (χ0n) is 15.1. The molecule has 1 aromatic carbocycles. The summed E-state index contributed by atoms with van der Waals surface area (Å²) in [7, 11) is 3.53. The van der Waals surface area contributed by atoms with Crippen molar-refractivity contribution < 1.29 is 9.59 Å². The van der Waals surface area contributed by atoms with Gasteiger partial charge in [-0.15, -0.1) is 0 Å². The zero-order valence-corrected chi connectivity index (χ0v) is 15.1. The van der Waals surface area contributed by atoms with Crippen molar-refractivity contribution in [2.45, 2.75) is 32.7 Å². The van der Waals surface area contributed by atoms with Gasteiger partial charge in [-0.1, -0.05) is 13.0 Å². The molecule has 25 heavy (non-hydrogen) atoms. The fraction of sp³-hybridized carbons (Fsp3) is 0.389. The Kier molecular flexibility index (Phi) is 6.30. The Bertz CT molecular complexity index is 754. The minimum atomic E-state index is -0.508. The van der Waals surface area contributed by atoms with Crippen molar-refractivity contribution in [1.29, 1.82) is 0 Å². The number of aryl methyl sites for hydroxylation is 1. The van der Waals surface area contributed by atoms with E-state index in [9.17, 15) is 9.59 Å². The molecule has 0 radical (unpaired) electrons. The largest absolute Gasteiger partial charge is 0.326 e. The molecule has 0 saturated carbocycles. The van der Waals surface area contributed by atoms with E-state index in [0.29, 0.717) is 17.8 Å². The lowest BCUT2D eigenvalue weighted by Crippen LogP contribution is -2.30. The first kappa shape index (κ1) is 18.7. The van der Waals surface area contributed by atoms with Gasteiger partial charge >= 0.3 is 0 Å². The van der Waals surface area contributed by atoms with Gasteiger partial charge in [0.25, 0.3) is 0 Å². The van der Waals surface area contributed by atoms with Crippen LogP contribution < -0.4 is 16.0 Å².